The monoisotopic (exact) mass is 226 g/mol. The Hall–Kier alpha value is -1.29. The minimum absolute atomic E-state index is 0.355. The molecule has 0 aliphatic heterocycles. The Kier molecular flexibility index (Phi) is 3.75. The molecule has 0 unspecified atom stereocenters. The van der Waals surface area contributed by atoms with E-state index in [1.165, 1.54) is 6.07 Å². The molecular weight excluding hydrogens is 207 g/mol. The van der Waals surface area contributed by atoms with Crippen LogP contribution in [0.5, 0.6) is 0 Å². The van der Waals surface area contributed by atoms with Crippen LogP contribution in [0.2, 0.25) is 0 Å². The molecular formula is C12H19FN2O. The summed E-state index contributed by atoms with van der Waals surface area (Å²) in [6, 6.07) is 4.59. The van der Waals surface area contributed by atoms with Crippen LogP contribution in [0.1, 0.15) is 20.8 Å². The maximum Gasteiger partial charge on any atom is 0.148 e. The van der Waals surface area contributed by atoms with E-state index in [-0.39, 0.29) is 5.82 Å². The van der Waals surface area contributed by atoms with Gasteiger partial charge in [-0.2, -0.15) is 0 Å². The van der Waals surface area contributed by atoms with Crippen LogP contribution in [-0.4, -0.2) is 23.8 Å². The Morgan fingerprint density at radius 1 is 1.44 bits per heavy atom. The van der Waals surface area contributed by atoms with E-state index in [0.717, 1.165) is 0 Å². The standard InChI is InChI=1S/C12H19FN2O/c1-4-15(8-12(2,3)16)11-6-5-9(14)7-10(11)13/h5-7,16H,4,8,14H2,1-3H3. The molecule has 3 N–H and O–H groups in total. The summed E-state index contributed by atoms with van der Waals surface area (Å²) in [5.74, 6) is -0.355. The van der Waals surface area contributed by atoms with Gasteiger partial charge < -0.3 is 15.7 Å². The van der Waals surface area contributed by atoms with Gasteiger partial charge in [0.25, 0.3) is 0 Å². The van der Waals surface area contributed by atoms with Crippen LogP contribution in [0.4, 0.5) is 15.8 Å². The number of halogens is 1. The molecule has 0 aliphatic rings. The zero-order chi connectivity index (χ0) is 12.3. The fourth-order valence-corrected chi connectivity index (χ4v) is 1.61. The number of aliphatic hydroxyl groups is 1. The van der Waals surface area contributed by atoms with Crippen molar-refractivity contribution in [3.05, 3.63) is 24.0 Å². The maximum atomic E-state index is 13.7. The van der Waals surface area contributed by atoms with Crippen molar-refractivity contribution in [3.8, 4) is 0 Å². The van der Waals surface area contributed by atoms with E-state index in [2.05, 4.69) is 0 Å². The Morgan fingerprint density at radius 2 is 2.06 bits per heavy atom. The summed E-state index contributed by atoms with van der Waals surface area (Å²) in [5, 5.41) is 9.74. The number of nitrogens with zero attached hydrogens (tertiary/aromatic N) is 1. The Balaban J connectivity index is 2.95. The van der Waals surface area contributed by atoms with E-state index < -0.39 is 5.60 Å². The topological polar surface area (TPSA) is 49.5 Å². The average molecular weight is 226 g/mol. The van der Waals surface area contributed by atoms with Crippen molar-refractivity contribution in [2.75, 3.05) is 23.7 Å². The molecule has 0 spiro atoms. The number of nitrogen functional groups attached to an aromatic ring is 1. The fraction of sp³-hybridized carbons (Fsp3) is 0.500. The molecule has 0 aliphatic carbocycles. The summed E-state index contributed by atoms with van der Waals surface area (Å²) in [6.07, 6.45) is 0. The van der Waals surface area contributed by atoms with Gasteiger partial charge in [0.05, 0.1) is 11.3 Å². The Morgan fingerprint density at radius 3 is 2.50 bits per heavy atom. The molecule has 16 heavy (non-hydrogen) atoms. The van der Waals surface area contributed by atoms with Gasteiger partial charge >= 0.3 is 0 Å². The summed E-state index contributed by atoms with van der Waals surface area (Å²) in [6.45, 7) is 6.33. The van der Waals surface area contributed by atoms with Gasteiger partial charge in [-0.1, -0.05) is 0 Å². The van der Waals surface area contributed by atoms with Gasteiger partial charge in [-0.15, -0.1) is 0 Å². The van der Waals surface area contributed by atoms with Gasteiger partial charge in [0.1, 0.15) is 5.82 Å². The average Bonchev–Trinajstić information content (AvgIpc) is 2.13. The predicted octanol–water partition coefficient (Wildman–Crippen LogP) is 2.01. The van der Waals surface area contributed by atoms with Crippen molar-refractivity contribution in [1.29, 1.82) is 0 Å². The van der Waals surface area contributed by atoms with Crippen LogP contribution >= 0.6 is 0 Å². The molecule has 1 aromatic carbocycles. The summed E-state index contributed by atoms with van der Waals surface area (Å²) in [5.41, 5.74) is 5.51. The molecule has 0 amide bonds. The summed E-state index contributed by atoms with van der Waals surface area (Å²) >= 11 is 0. The van der Waals surface area contributed by atoms with Gasteiger partial charge in [0.15, 0.2) is 0 Å². The minimum atomic E-state index is -0.857. The van der Waals surface area contributed by atoms with Crippen molar-refractivity contribution < 1.29 is 9.50 Å². The van der Waals surface area contributed by atoms with Gasteiger partial charge in [0, 0.05) is 18.8 Å². The van der Waals surface area contributed by atoms with Crippen molar-refractivity contribution in [1.82, 2.24) is 0 Å². The molecule has 0 aromatic heterocycles. The van der Waals surface area contributed by atoms with Crippen molar-refractivity contribution in [2.24, 2.45) is 0 Å². The smallest absolute Gasteiger partial charge is 0.148 e. The number of hydrogen-bond donors (Lipinski definition) is 2. The molecule has 1 aromatic rings. The highest BCUT2D eigenvalue weighted by Crippen LogP contribution is 2.22. The lowest BCUT2D eigenvalue weighted by Gasteiger charge is -2.30. The number of rotatable bonds is 4. The van der Waals surface area contributed by atoms with Crippen molar-refractivity contribution in [3.63, 3.8) is 0 Å². The summed E-state index contributed by atoms with van der Waals surface area (Å²) < 4.78 is 13.7. The lowest BCUT2D eigenvalue weighted by Crippen LogP contribution is -2.39. The second-order valence-corrected chi connectivity index (χ2v) is 4.54. The van der Waals surface area contributed by atoms with Crippen molar-refractivity contribution in [2.45, 2.75) is 26.4 Å². The van der Waals surface area contributed by atoms with E-state index in [0.29, 0.717) is 24.5 Å². The van der Waals surface area contributed by atoms with Gasteiger partial charge in [-0.3, -0.25) is 0 Å². The first-order valence-corrected chi connectivity index (χ1v) is 5.36. The molecule has 0 saturated carbocycles. The third kappa shape index (κ3) is 3.38. The van der Waals surface area contributed by atoms with Crippen LogP contribution < -0.4 is 10.6 Å². The normalized spacial score (nSPS) is 11.6. The first-order chi connectivity index (χ1) is 7.33. The van der Waals surface area contributed by atoms with E-state index in [4.69, 9.17) is 5.73 Å². The number of benzene rings is 1. The molecule has 0 fully saturated rings. The van der Waals surface area contributed by atoms with E-state index >= 15 is 0 Å². The molecule has 0 heterocycles. The maximum absolute atomic E-state index is 13.7. The zero-order valence-electron chi connectivity index (χ0n) is 10.00. The molecule has 4 heteroatoms. The van der Waals surface area contributed by atoms with E-state index in [1.54, 1.807) is 30.9 Å². The van der Waals surface area contributed by atoms with Gasteiger partial charge in [-0.25, -0.2) is 4.39 Å². The summed E-state index contributed by atoms with van der Waals surface area (Å²) in [4.78, 5) is 1.79. The van der Waals surface area contributed by atoms with Crippen LogP contribution in [0.25, 0.3) is 0 Å². The van der Waals surface area contributed by atoms with Crippen LogP contribution in [0, 0.1) is 5.82 Å². The van der Waals surface area contributed by atoms with Gasteiger partial charge in [-0.05, 0) is 39.0 Å². The minimum Gasteiger partial charge on any atom is -0.399 e. The zero-order valence-corrected chi connectivity index (χ0v) is 10.00. The highest BCUT2D eigenvalue weighted by Gasteiger charge is 2.19. The molecule has 0 radical (unpaired) electrons. The lowest BCUT2D eigenvalue weighted by atomic mass is 10.1. The molecule has 0 saturated heterocycles. The molecule has 90 valence electrons. The van der Waals surface area contributed by atoms with Crippen molar-refractivity contribution >= 4 is 11.4 Å². The number of nitrogens with two attached hydrogens (primary N) is 1. The Labute approximate surface area is 95.7 Å². The largest absolute Gasteiger partial charge is 0.399 e. The number of likely N-dealkylation sites (N-methyl/N-ethyl adjacent to an activating group) is 1. The molecule has 1 rings (SSSR count). The van der Waals surface area contributed by atoms with E-state index in [1.807, 2.05) is 6.92 Å². The highest BCUT2D eigenvalue weighted by molar-refractivity contribution is 5.54. The predicted molar refractivity (Wildman–Crippen MR) is 65.0 cm³/mol. The highest BCUT2D eigenvalue weighted by atomic mass is 19.1. The first-order valence-electron chi connectivity index (χ1n) is 5.36. The second-order valence-electron chi connectivity index (χ2n) is 4.54. The number of hydrogen-bond acceptors (Lipinski definition) is 3. The SMILES string of the molecule is CCN(CC(C)(C)O)c1ccc(N)cc1F. The molecule has 0 bridgehead atoms. The lowest BCUT2D eigenvalue weighted by molar-refractivity contribution is 0.0874. The summed E-state index contributed by atoms with van der Waals surface area (Å²) in [7, 11) is 0. The van der Waals surface area contributed by atoms with Gasteiger partial charge in [0.2, 0.25) is 0 Å². The molecule has 0 atom stereocenters. The van der Waals surface area contributed by atoms with Crippen LogP contribution in [0.3, 0.4) is 0 Å². The second kappa shape index (κ2) is 4.70. The van der Waals surface area contributed by atoms with Crippen LogP contribution in [-0.2, 0) is 0 Å². The van der Waals surface area contributed by atoms with Crippen LogP contribution in [0.15, 0.2) is 18.2 Å². The number of anilines is 2. The van der Waals surface area contributed by atoms with E-state index in [9.17, 15) is 9.50 Å². The quantitative estimate of drug-likeness (QED) is 0.772. The first kappa shape index (κ1) is 12.8. The third-order valence-electron chi connectivity index (χ3n) is 2.27. The molecule has 3 nitrogen and oxygen atoms in total. The fourth-order valence-electron chi connectivity index (χ4n) is 1.61. The Bertz CT molecular complexity index is 361. The third-order valence-corrected chi connectivity index (χ3v) is 2.27.